The predicted octanol–water partition coefficient (Wildman–Crippen LogP) is 3.39. The van der Waals surface area contributed by atoms with Crippen LogP contribution in [0.15, 0.2) is 46.1 Å². The first-order valence-electron chi connectivity index (χ1n) is 11.0. The molecule has 1 aromatic carbocycles. The van der Waals surface area contributed by atoms with Gasteiger partial charge < -0.3 is 13.8 Å². The summed E-state index contributed by atoms with van der Waals surface area (Å²) in [6.07, 6.45) is 4.39. The van der Waals surface area contributed by atoms with E-state index < -0.39 is 20.4 Å². The van der Waals surface area contributed by atoms with E-state index in [1.165, 1.54) is 10.1 Å². The fraction of sp³-hybridized carbons (Fsp3) is 0.545. The molecule has 31 heavy (non-hydrogen) atoms. The molecule has 1 N–H and O–H groups in total. The van der Waals surface area contributed by atoms with Crippen molar-refractivity contribution >= 4 is 8.53 Å². The third-order valence-corrected chi connectivity index (χ3v) is 8.20. The van der Waals surface area contributed by atoms with Crippen LogP contribution in [0.25, 0.3) is 0 Å². The number of hydrogen-bond donors (Lipinski definition) is 1. The van der Waals surface area contributed by atoms with Crippen molar-refractivity contribution in [3.8, 4) is 0 Å². The Morgan fingerprint density at radius 1 is 1.26 bits per heavy atom. The first-order valence-corrected chi connectivity index (χ1v) is 12.1. The lowest BCUT2D eigenvalue weighted by Gasteiger charge is -2.25. The standard InChI is InChI=1S/C22H28N3O5P/c1-3-17-18(12-19(28-17)24-13-14(2)21(26)23-22(24)27)29-31-25-11-7-10-16(25)20(30-31)15-8-5-4-6-9-15/h4-6,8-9,13,16-20H,3,7,10-12H2,1-2H3,(H,23,26,27)/t16-,17+,18?,19+,20+,31-/m0/s1. The van der Waals surface area contributed by atoms with Crippen LogP contribution in [0.4, 0.5) is 0 Å². The molecule has 3 aliphatic rings. The number of benzene rings is 1. The molecule has 0 radical (unpaired) electrons. The molecule has 166 valence electrons. The Bertz CT molecular complexity index is 1040. The molecule has 6 atom stereocenters. The molecule has 0 spiro atoms. The smallest absolute Gasteiger partial charge is 0.330 e. The maximum atomic E-state index is 12.3. The van der Waals surface area contributed by atoms with Gasteiger partial charge in [-0.25, -0.2) is 9.46 Å². The van der Waals surface area contributed by atoms with Crippen LogP contribution < -0.4 is 11.2 Å². The van der Waals surface area contributed by atoms with E-state index in [0.29, 0.717) is 18.0 Å². The van der Waals surface area contributed by atoms with Crippen molar-refractivity contribution in [3.05, 3.63) is 68.5 Å². The number of nitrogens with one attached hydrogen (secondary N) is 1. The molecule has 1 unspecified atom stereocenters. The topological polar surface area (TPSA) is 85.8 Å². The van der Waals surface area contributed by atoms with Crippen molar-refractivity contribution in [2.24, 2.45) is 0 Å². The Labute approximate surface area is 182 Å². The number of nitrogens with zero attached hydrogens (tertiary/aromatic N) is 2. The molecule has 0 amide bonds. The number of rotatable bonds is 5. The lowest BCUT2D eigenvalue weighted by Crippen LogP contribution is -2.33. The second-order valence-electron chi connectivity index (χ2n) is 8.44. The molecule has 3 aliphatic heterocycles. The molecular weight excluding hydrogens is 417 g/mol. The summed E-state index contributed by atoms with van der Waals surface area (Å²) < 4.78 is 23.0. The van der Waals surface area contributed by atoms with Crippen LogP contribution >= 0.6 is 8.53 Å². The Kier molecular flexibility index (Phi) is 5.84. The van der Waals surface area contributed by atoms with E-state index in [-0.39, 0.29) is 23.9 Å². The van der Waals surface area contributed by atoms with Gasteiger partial charge in [-0.15, -0.1) is 0 Å². The zero-order valence-electron chi connectivity index (χ0n) is 17.8. The Hall–Kier alpha value is -1.83. The lowest BCUT2D eigenvalue weighted by atomic mass is 10.0. The second kappa shape index (κ2) is 8.60. The molecule has 0 aliphatic carbocycles. The Morgan fingerprint density at radius 2 is 2.06 bits per heavy atom. The highest BCUT2D eigenvalue weighted by Crippen LogP contribution is 2.61. The third kappa shape index (κ3) is 3.92. The number of fused-ring (bicyclic) bond motifs is 1. The highest BCUT2D eigenvalue weighted by atomic mass is 31.2. The zero-order chi connectivity index (χ0) is 21.5. The zero-order valence-corrected chi connectivity index (χ0v) is 18.7. The molecule has 5 rings (SSSR count). The minimum atomic E-state index is -1.19. The molecule has 3 saturated heterocycles. The van der Waals surface area contributed by atoms with Crippen molar-refractivity contribution in [2.45, 2.75) is 70.1 Å². The van der Waals surface area contributed by atoms with Gasteiger partial charge in [-0.2, -0.15) is 0 Å². The number of aryl methyl sites for hydroxylation is 1. The number of ether oxygens (including phenoxy) is 1. The number of H-pyrrole nitrogens is 1. The summed E-state index contributed by atoms with van der Waals surface area (Å²) in [5.74, 6) is 0. The minimum Gasteiger partial charge on any atom is -0.352 e. The van der Waals surface area contributed by atoms with Crippen LogP contribution in [0.2, 0.25) is 0 Å². The highest BCUT2D eigenvalue weighted by Gasteiger charge is 2.49. The quantitative estimate of drug-likeness (QED) is 0.711. The molecule has 8 nitrogen and oxygen atoms in total. The second-order valence-corrected chi connectivity index (χ2v) is 9.85. The van der Waals surface area contributed by atoms with Gasteiger partial charge in [-0.3, -0.25) is 14.3 Å². The average Bonchev–Trinajstić information content (AvgIpc) is 3.48. The minimum absolute atomic E-state index is 0.0254. The van der Waals surface area contributed by atoms with Crippen LogP contribution in [-0.2, 0) is 13.8 Å². The summed E-state index contributed by atoms with van der Waals surface area (Å²) in [4.78, 5) is 26.4. The number of aromatic amines is 1. The van der Waals surface area contributed by atoms with Crippen molar-refractivity contribution in [2.75, 3.05) is 6.54 Å². The molecule has 0 bridgehead atoms. The van der Waals surface area contributed by atoms with E-state index in [4.69, 9.17) is 13.8 Å². The molecule has 2 aromatic rings. The van der Waals surface area contributed by atoms with E-state index in [2.05, 4.69) is 28.7 Å². The van der Waals surface area contributed by atoms with Gasteiger partial charge >= 0.3 is 5.69 Å². The highest BCUT2D eigenvalue weighted by molar-refractivity contribution is 7.44. The molecule has 1 aromatic heterocycles. The summed E-state index contributed by atoms with van der Waals surface area (Å²) in [7, 11) is -1.19. The molecule has 4 heterocycles. The van der Waals surface area contributed by atoms with E-state index in [9.17, 15) is 9.59 Å². The fourth-order valence-electron chi connectivity index (χ4n) is 4.79. The molecular formula is C22H28N3O5P. The van der Waals surface area contributed by atoms with E-state index in [1.807, 2.05) is 18.2 Å². The van der Waals surface area contributed by atoms with Gasteiger partial charge in [0.05, 0.1) is 12.2 Å². The van der Waals surface area contributed by atoms with Crippen LogP contribution in [0.3, 0.4) is 0 Å². The lowest BCUT2D eigenvalue weighted by molar-refractivity contribution is -0.0190. The van der Waals surface area contributed by atoms with Gasteiger partial charge in [0.25, 0.3) is 14.1 Å². The van der Waals surface area contributed by atoms with Crippen molar-refractivity contribution < 1.29 is 13.8 Å². The monoisotopic (exact) mass is 445 g/mol. The molecule has 0 saturated carbocycles. The first kappa shape index (κ1) is 21.0. The van der Waals surface area contributed by atoms with E-state index >= 15 is 0 Å². The van der Waals surface area contributed by atoms with Gasteiger partial charge in [0, 0.05) is 30.8 Å². The van der Waals surface area contributed by atoms with Crippen LogP contribution in [0.5, 0.6) is 0 Å². The summed E-state index contributed by atoms with van der Waals surface area (Å²) in [5.41, 5.74) is 0.849. The maximum Gasteiger partial charge on any atom is 0.330 e. The number of aromatic nitrogens is 2. The van der Waals surface area contributed by atoms with E-state index in [0.717, 1.165) is 25.8 Å². The SMILES string of the molecule is CC[C@H]1O[C@@H](n2cc(C)c(=O)[nH]c2=O)CC1O[P@@]1O[C@H](c2ccccc2)[C@@H]2CCCN21. The van der Waals surface area contributed by atoms with Gasteiger partial charge in [0.2, 0.25) is 0 Å². The molecule has 3 fully saturated rings. The van der Waals surface area contributed by atoms with Crippen LogP contribution in [0, 0.1) is 6.92 Å². The number of hydrogen-bond acceptors (Lipinski definition) is 6. The van der Waals surface area contributed by atoms with Gasteiger partial charge in [-0.05, 0) is 31.7 Å². The Balaban J connectivity index is 1.34. The van der Waals surface area contributed by atoms with Gasteiger partial charge in [-0.1, -0.05) is 37.3 Å². The summed E-state index contributed by atoms with van der Waals surface area (Å²) in [6.45, 7) is 4.71. The summed E-state index contributed by atoms with van der Waals surface area (Å²) >= 11 is 0. The van der Waals surface area contributed by atoms with E-state index in [1.54, 1.807) is 13.1 Å². The summed E-state index contributed by atoms with van der Waals surface area (Å²) in [6, 6.07) is 10.7. The summed E-state index contributed by atoms with van der Waals surface area (Å²) in [5, 5.41) is 0. The normalized spacial score (nSPS) is 33.1. The molecule has 9 heteroatoms. The average molecular weight is 445 g/mol. The van der Waals surface area contributed by atoms with Crippen molar-refractivity contribution in [3.63, 3.8) is 0 Å². The Morgan fingerprint density at radius 3 is 2.84 bits per heavy atom. The fourth-order valence-corrected chi connectivity index (χ4v) is 6.77. The van der Waals surface area contributed by atoms with Crippen LogP contribution in [0.1, 0.15) is 56.1 Å². The van der Waals surface area contributed by atoms with Crippen molar-refractivity contribution in [1.29, 1.82) is 0 Å². The van der Waals surface area contributed by atoms with Gasteiger partial charge in [0.15, 0.2) is 0 Å². The predicted molar refractivity (Wildman–Crippen MR) is 117 cm³/mol. The first-order chi connectivity index (χ1) is 15.0. The van der Waals surface area contributed by atoms with Gasteiger partial charge in [0.1, 0.15) is 12.3 Å². The largest absolute Gasteiger partial charge is 0.352 e. The van der Waals surface area contributed by atoms with Crippen molar-refractivity contribution in [1.82, 2.24) is 14.2 Å². The third-order valence-electron chi connectivity index (χ3n) is 6.43. The van der Waals surface area contributed by atoms with Crippen LogP contribution in [-0.4, -0.2) is 39.0 Å². The maximum absolute atomic E-state index is 12.3.